The van der Waals surface area contributed by atoms with E-state index in [1.165, 1.54) is 18.5 Å². The van der Waals surface area contributed by atoms with Crippen molar-refractivity contribution >= 4 is 17.6 Å². The summed E-state index contributed by atoms with van der Waals surface area (Å²) in [7, 11) is 0. The van der Waals surface area contributed by atoms with Crippen LogP contribution in [0, 0.1) is 0 Å². The number of guanidine groups is 1. The number of aliphatic imine (C=N–C) groups is 1. The van der Waals surface area contributed by atoms with Crippen LogP contribution in [0.3, 0.4) is 0 Å². The Bertz CT molecular complexity index is 895. The number of anilines is 2. The first-order valence-electron chi connectivity index (χ1n) is 10.9. The Hall–Kier alpha value is -3.04. The molecule has 2 aromatic rings. The van der Waals surface area contributed by atoms with Crippen LogP contribution in [0.5, 0.6) is 0 Å². The van der Waals surface area contributed by atoms with Crippen molar-refractivity contribution < 1.29 is 13.2 Å². The van der Waals surface area contributed by atoms with Crippen LogP contribution in [0.15, 0.2) is 41.5 Å². The van der Waals surface area contributed by atoms with E-state index in [0.717, 1.165) is 30.9 Å². The number of aromatic nitrogens is 2. The molecule has 1 aromatic heterocycles. The number of halogens is 3. The van der Waals surface area contributed by atoms with Crippen LogP contribution in [0.4, 0.5) is 24.8 Å². The number of nitrogens with zero attached hydrogens (tertiary/aromatic N) is 4. The van der Waals surface area contributed by atoms with Crippen LogP contribution in [-0.4, -0.2) is 48.7 Å². The normalized spacial score (nSPS) is 15.5. The average Bonchev–Trinajstić information content (AvgIpc) is 3.31. The topological polar surface area (TPSA) is 77.5 Å². The molecule has 1 unspecified atom stereocenters. The summed E-state index contributed by atoms with van der Waals surface area (Å²) in [5.41, 5.74) is 1.43. The van der Waals surface area contributed by atoms with Crippen LogP contribution >= 0.6 is 0 Å². The number of benzene rings is 1. The minimum absolute atomic E-state index is 0.0371. The predicted molar refractivity (Wildman–Crippen MR) is 121 cm³/mol. The van der Waals surface area contributed by atoms with Gasteiger partial charge >= 0.3 is 6.18 Å². The van der Waals surface area contributed by atoms with Crippen molar-refractivity contribution in [1.82, 2.24) is 20.6 Å². The number of hydrogen-bond donors (Lipinski definition) is 3. The summed E-state index contributed by atoms with van der Waals surface area (Å²) in [5, 5.41) is 9.38. The zero-order chi connectivity index (χ0) is 23.0. The fourth-order valence-corrected chi connectivity index (χ4v) is 3.51. The van der Waals surface area contributed by atoms with E-state index in [9.17, 15) is 13.2 Å². The van der Waals surface area contributed by atoms with E-state index < -0.39 is 11.9 Å². The van der Waals surface area contributed by atoms with Crippen LogP contribution in [0.25, 0.3) is 0 Å². The third-order valence-corrected chi connectivity index (χ3v) is 5.15. The molecule has 0 aliphatic carbocycles. The van der Waals surface area contributed by atoms with Gasteiger partial charge in [0.1, 0.15) is 5.69 Å². The van der Waals surface area contributed by atoms with E-state index in [0.29, 0.717) is 25.6 Å². The Kier molecular flexibility index (Phi) is 8.13. The number of alkyl halides is 3. The monoisotopic (exact) mass is 449 g/mol. The molecular formula is C22H30F3N7. The second kappa shape index (κ2) is 11.0. The van der Waals surface area contributed by atoms with Crippen molar-refractivity contribution in [1.29, 1.82) is 0 Å². The van der Waals surface area contributed by atoms with Gasteiger partial charge in [0.15, 0.2) is 5.96 Å². The fourth-order valence-electron chi connectivity index (χ4n) is 3.51. The van der Waals surface area contributed by atoms with Crippen LogP contribution in [-0.2, 0) is 6.18 Å². The molecule has 1 atom stereocenters. The second-order valence-electron chi connectivity index (χ2n) is 7.61. The maximum absolute atomic E-state index is 12.8. The summed E-state index contributed by atoms with van der Waals surface area (Å²) in [6, 6.07) is 9.39. The average molecular weight is 450 g/mol. The van der Waals surface area contributed by atoms with Gasteiger partial charge in [0.25, 0.3) is 0 Å². The van der Waals surface area contributed by atoms with E-state index in [1.807, 2.05) is 6.92 Å². The molecule has 0 amide bonds. The Labute approximate surface area is 186 Å². The van der Waals surface area contributed by atoms with Gasteiger partial charge in [-0.3, -0.25) is 4.99 Å². The standard InChI is InChI=1S/C22H30F3N7/c1-3-26-20(28-11-12-29-21-27-10-9-19(31-21)22(23,24)25)30-16(2)17-7-6-8-18(15-17)32-13-4-5-14-32/h6-10,15-16H,3-5,11-14H2,1-2H3,(H2,26,28,30)(H,27,29,31). The molecular weight excluding hydrogens is 419 g/mol. The van der Waals surface area contributed by atoms with Gasteiger partial charge in [-0.1, -0.05) is 12.1 Å². The van der Waals surface area contributed by atoms with E-state index in [4.69, 9.17) is 0 Å². The minimum Gasteiger partial charge on any atom is -0.372 e. The smallest absolute Gasteiger partial charge is 0.372 e. The fraction of sp³-hybridized carbons (Fsp3) is 0.500. The molecule has 1 fully saturated rings. The van der Waals surface area contributed by atoms with Gasteiger partial charge in [0.2, 0.25) is 5.95 Å². The molecule has 3 rings (SSSR count). The Morgan fingerprint density at radius 2 is 2.00 bits per heavy atom. The lowest BCUT2D eigenvalue weighted by Gasteiger charge is -2.22. The van der Waals surface area contributed by atoms with Crippen molar-refractivity contribution in [2.45, 2.75) is 38.9 Å². The lowest BCUT2D eigenvalue weighted by atomic mass is 10.1. The molecule has 0 bridgehead atoms. The summed E-state index contributed by atoms with van der Waals surface area (Å²) < 4.78 is 38.3. The SMILES string of the molecule is CCNC(=NCCNc1nccc(C(F)(F)F)n1)NC(C)c1cccc(N2CCCC2)c1. The van der Waals surface area contributed by atoms with Gasteiger partial charge in [-0.05, 0) is 50.5 Å². The van der Waals surface area contributed by atoms with E-state index >= 15 is 0 Å². The molecule has 0 saturated carbocycles. The van der Waals surface area contributed by atoms with Crippen molar-refractivity contribution in [3.05, 3.63) is 47.8 Å². The van der Waals surface area contributed by atoms with E-state index in [1.54, 1.807) is 0 Å². The lowest BCUT2D eigenvalue weighted by molar-refractivity contribution is -0.141. The van der Waals surface area contributed by atoms with Crippen molar-refractivity contribution in [3.63, 3.8) is 0 Å². The van der Waals surface area contributed by atoms with E-state index in [-0.39, 0.29) is 12.0 Å². The highest BCUT2D eigenvalue weighted by atomic mass is 19.4. The van der Waals surface area contributed by atoms with Crippen molar-refractivity contribution in [3.8, 4) is 0 Å². The number of hydrogen-bond acceptors (Lipinski definition) is 5. The first-order chi connectivity index (χ1) is 15.4. The highest BCUT2D eigenvalue weighted by Gasteiger charge is 2.32. The number of rotatable bonds is 8. The minimum atomic E-state index is -4.50. The quantitative estimate of drug-likeness (QED) is 0.323. The molecule has 1 aliphatic rings. The Morgan fingerprint density at radius 1 is 1.22 bits per heavy atom. The molecule has 1 aromatic carbocycles. The van der Waals surface area contributed by atoms with Gasteiger partial charge in [-0.25, -0.2) is 9.97 Å². The van der Waals surface area contributed by atoms with Crippen LogP contribution < -0.4 is 20.9 Å². The summed E-state index contributed by atoms with van der Waals surface area (Å²) in [6.45, 7) is 7.58. The zero-order valence-corrected chi connectivity index (χ0v) is 18.4. The lowest BCUT2D eigenvalue weighted by Crippen LogP contribution is -2.39. The zero-order valence-electron chi connectivity index (χ0n) is 18.4. The Balaban J connectivity index is 1.56. The highest BCUT2D eigenvalue weighted by Crippen LogP contribution is 2.27. The molecule has 0 spiro atoms. The summed E-state index contributed by atoms with van der Waals surface area (Å²) in [5.74, 6) is 0.568. The predicted octanol–water partition coefficient (Wildman–Crippen LogP) is 3.82. The van der Waals surface area contributed by atoms with E-state index in [2.05, 4.69) is 67.0 Å². The largest absolute Gasteiger partial charge is 0.433 e. The van der Waals surface area contributed by atoms with Crippen LogP contribution in [0.2, 0.25) is 0 Å². The van der Waals surface area contributed by atoms with Crippen molar-refractivity contribution in [2.75, 3.05) is 42.9 Å². The third kappa shape index (κ3) is 6.73. The molecule has 1 saturated heterocycles. The number of nitrogens with one attached hydrogen (secondary N) is 3. The van der Waals surface area contributed by atoms with Gasteiger partial charge in [-0.2, -0.15) is 13.2 Å². The molecule has 7 nitrogen and oxygen atoms in total. The second-order valence-corrected chi connectivity index (χ2v) is 7.61. The third-order valence-electron chi connectivity index (χ3n) is 5.15. The van der Waals surface area contributed by atoms with Crippen LogP contribution in [0.1, 0.15) is 44.0 Å². The molecule has 2 heterocycles. The summed E-state index contributed by atoms with van der Waals surface area (Å²) in [6.07, 6.45) is -0.948. The van der Waals surface area contributed by atoms with Gasteiger partial charge in [-0.15, -0.1) is 0 Å². The summed E-state index contributed by atoms with van der Waals surface area (Å²) >= 11 is 0. The van der Waals surface area contributed by atoms with Gasteiger partial charge in [0.05, 0.1) is 12.6 Å². The van der Waals surface area contributed by atoms with Crippen molar-refractivity contribution in [2.24, 2.45) is 4.99 Å². The summed E-state index contributed by atoms with van der Waals surface area (Å²) in [4.78, 5) is 14.2. The first-order valence-corrected chi connectivity index (χ1v) is 10.9. The maximum atomic E-state index is 12.8. The molecule has 10 heteroatoms. The highest BCUT2D eigenvalue weighted by molar-refractivity contribution is 5.80. The molecule has 1 aliphatic heterocycles. The van der Waals surface area contributed by atoms with Gasteiger partial charge < -0.3 is 20.9 Å². The molecule has 3 N–H and O–H groups in total. The van der Waals surface area contributed by atoms with Gasteiger partial charge in [0, 0.05) is 38.1 Å². The molecule has 32 heavy (non-hydrogen) atoms. The first kappa shape index (κ1) is 23.6. The molecule has 174 valence electrons. The maximum Gasteiger partial charge on any atom is 0.433 e. The Morgan fingerprint density at radius 3 is 2.72 bits per heavy atom. The molecule has 0 radical (unpaired) electrons.